The molecule has 2 saturated heterocycles. The van der Waals surface area contributed by atoms with Crippen molar-refractivity contribution in [1.29, 1.82) is 0 Å². The van der Waals surface area contributed by atoms with Gasteiger partial charge in [0.2, 0.25) is 0 Å². The number of hydrogen-bond donors (Lipinski definition) is 1. The number of carbonyl (C=O) groups excluding carboxylic acids is 1. The van der Waals surface area contributed by atoms with Crippen LogP contribution in [0.4, 0.5) is 10.6 Å². The van der Waals surface area contributed by atoms with Gasteiger partial charge in [-0.3, -0.25) is 0 Å². The van der Waals surface area contributed by atoms with Gasteiger partial charge in [-0.05, 0) is 26.2 Å². The van der Waals surface area contributed by atoms with E-state index in [1.165, 1.54) is 17.7 Å². The van der Waals surface area contributed by atoms with E-state index >= 15 is 0 Å². The topological polar surface area (TPSA) is 61.4 Å². The number of fused-ring (bicyclic) bond motifs is 2. The molecule has 6 heteroatoms. The molecule has 0 saturated carbocycles. The first-order valence-corrected chi connectivity index (χ1v) is 8.90. The number of rotatable bonds is 3. The van der Waals surface area contributed by atoms with E-state index in [9.17, 15) is 4.79 Å². The van der Waals surface area contributed by atoms with Crippen LogP contribution in [0.15, 0.2) is 12.7 Å². The predicted molar refractivity (Wildman–Crippen MR) is 93.2 cm³/mol. The van der Waals surface area contributed by atoms with Gasteiger partial charge in [0.25, 0.3) is 0 Å². The molecule has 0 spiro atoms. The summed E-state index contributed by atoms with van der Waals surface area (Å²) in [5, 5.41) is 2.88. The molecule has 2 unspecified atom stereocenters. The number of anilines is 1. The molecule has 2 amide bonds. The van der Waals surface area contributed by atoms with Gasteiger partial charge in [0.1, 0.15) is 11.6 Å². The van der Waals surface area contributed by atoms with Crippen LogP contribution in [0.5, 0.6) is 0 Å². The number of aromatic nitrogens is 2. The maximum Gasteiger partial charge on any atom is 0.317 e. The highest BCUT2D eigenvalue weighted by Gasteiger charge is 2.42. The third kappa shape index (κ3) is 2.64. The first-order chi connectivity index (χ1) is 11.7. The number of hydrogen-bond acceptors (Lipinski definition) is 4. The van der Waals surface area contributed by atoms with Crippen molar-refractivity contribution >= 4 is 11.8 Å². The van der Waals surface area contributed by atoms with Crippen LogP contribution in [0.2, 0.25) is 0 Å². The summed E-state index contributed by atoms with van der Waals surface area (Å²) in [6.45, 7) is 9.85. The molecule has 0 radical (unpaired) electrons. The zero-order chi connectivity index (χ0) is 16.7. The second-order valence-corrected chi connectivity index (χ2v) is 7.18. The van der Waals surface area contributed by atoms with Crippen LogP contribution < -0.4 is 10.2 Å². The van der Waals surface area contributed by atoms with Gasteiger partial charge in [-0.2, -0.15) is 0 Å². The molecule has 3 heterocycles. The third-order valence-corrected chi connectivity index (χ3v) is 5.49. The average Bonchev–Trinajstić information content (AvgIpc) is 3.24. The summed E-state index contributed by atoms with van der Waals surface area (Å²) in [5.74, 6) is 3.14. The van der Waals surface area contributed by atoms with E-state index in [1.54, 1.807) is 6.08 Å². The molecule has 0 aromatic carbocycles. The van der Waals surface area contributed by atoms with Crippen LogP contribution in [0, 0.1) is 18.8 Å². The Bertz CT molecular complexity index is 660. The Morgan fingerprint density at radius 3 is 2.71 bits per heavy atom. The third-order valence-electron chi connectivity index (χ3n) is 5.49. The van der Waals surface area contributed by atoms with Crippen LogP contribution >= 0.6 is 0 Å². The first kappa shape index (κ1) is 15.4. The molecule has 0 bridgehead atoms. The minimum absolute atomic E-state index is 0.0367. The summed E-state index contributed by atoms with van der Waals surface area (Å²) in [6, 6.07) is 0.0367. The van der Waals surface area contributed by atoms with E-state index in [2.05, 4.69) is 21.8 Å². The SMILES string of the molecule is C=CCNC(=O)N1CC2CN(c3nc(C)nc4c3CCC4)CC2C1. The van der Waals surface area contributed by atoms with Gasteiger partial charge in [-0.15, -0.1) is 6.58 Å². The normalized spacial score (nSPS) is 24.9. The molecule has 4 rings (SSSR count). The Morgan fingerprint density at radius 1 is 1.25 bits per heavy atom. The Labute approximate surface area is 143 Å². The number of amides is 2. The van der Waals surface area contributed by atoms with Gasteiger partial charge < -0.3 is 15.1 Å². The molecule has 24 heavy (non-hydrogen) atoms. The average molecular weight is 327 g/mol. The molecule has 6 nitrogen and oxygen atoms in total. The van der Waals surface area contributed by atoms with Gasteiger partial charge in [0.05, 0.1) is 0 Å². The number of likely N-dealkylation sites (tertiary alicyclic amines) is 1. The first-order valence-electron chi connectivity index (χ1n) is 8.90. The number of carbonyl (C=O) groups is 1. The van der Waals surface area contributed by atoms with Crippen LogP contribution in [-0.2, 0) is 12.8 Å². The van der Waals surface area contributed by atoms with Crippen LogP contribution in [-0.4, -0.2) is 53.6 Å². The molecule has 128 valence electrons. The lowest BCUT2D eigenvalue weighted by atomic mass is 10.0. The smallest absolute Gasteiger partial charge is 0.317 e. The highest BCUT2D eigenvalue weighted by atomic mass is 16.2. The molecule has 1 aromatic heterocycles. The number of nitrogens with zero attached hydrogens (tertiary/aromatic N) is 4. The van der Waals surface area contributed by atoms with Gasteiger partial charge in [-0.25, -0.2) is 14.8 Å². The molecular formula is C18H25N5O. The molecule has 2 aliphatic heterocycles. The molecular weight excluding hydrogens is 302 g/mol. The largest absolute Gasteiger partial charge is 0.356 e. The van der Waals surface area contributed by atoms with Crippen molar-refractivity contribution < 1.29 is 4.79 Å². The highest BCUT2D eigenvalue weighted by molar-refractivity contribution is 5.74. The van der Waals surface area contributed by atoms with Crippen molar-refractivity contribution in [2.75, 3.05) is 37.6 Å². The van der Waals surface area contributed by atoms with Gasteiger partial charge >= 0.3 is 6.03 Å². The Balaban J connectivity index is 1.45. The predicted octanol–water partition coefficient (Wildman–Crippen LogP) is 1.54. The summed E-state index contributed by atoms with van der Waals surface area (Å²) < 4.78 is 0. The second kappa shape index (κ2) is 6.07. The molecule has 2 atom stereocenters. The van der Waals surface area contributed by atoms with E-state index < -0.39 is 0 Å². The van der Waals surface area contributed by atoms with E-state index in [0.717, 1.165) is 50.7 Å². The zero-order valence-corrected chi connectivity index (χ0v) is 14.3. The number of nitrogens with one attached hydrogen (secondary N) is 1. The van der Waals surface area contributed by atoms with E-state index in [0.29, 0.717) is 18.4 Å². The highest BCUT2D eigenvalue weighted by Crippen LogP contribution is 2.36. The van der Waals surface area contributed by atoms with Crippen LogP contribution in [0.1, 0.15) is 23.5 Å². The molecule has 1 aliphatic carbocycles. The summed E-state index contributed by atoms with van der Waals surface area (Å²) in [5.41, 5.74) is 2.61. The molecule has 3 aliphatic rings. The Kier molecular flexibility index (Phi) is 3.90. The van der Waals surface area contributed by atoms with Crippen LogP contribution in [0.3, 0.4) is 0 Å². The minimum Gasteiger partial charge on any atom is -0.356 e. The van der Waals surface area contributed by atoms with Gasteiger partial charge in [-0.1, -0.05) is 6.08 Å². The maximum atomic E-state index is 12.1. The summed E-state index contributed by atoms with van der Waals surface area (Å²) in [6.07, 6.45) is 5.10. The Hall–Kier alpha value is -2.11. The fraction of sp³-hybridized carbons (Fsp3) is 0.611. The zero-order valence-electron chi connectivity index (χ0n) is 14.3. The van der Waals surface area contributed by atoms with E-state index in [4.69, 9.17) is 4.98 Å². The molecule has 1 aromatic rings. The van der Waals surface area contributed by atoms with Crippen molar-refractivity contribution in [2.45, 2.75) is 26.2 Å². The summed E-state index contributed by atoms with van der Waals surface area (Å²) in [7, 11) is 0. The number of aryl methyl sites for hydroxylation is 2. The van der Waals surface area contributed by atoms with Crippen molar-refractivity contribution in [2.24, 2.45) is 11.8 Å². The lowest BCUT2D eigenvalue weighted by molar-refractivity contribution is 0.207. The van der Waals surface area contributed by atoms with Crippen molar-refractivity contribution in [3.05, 3.63) is 29.7 Å². The second-order valence-electron chi connectivity index (χ2n) is 7.18. The van der Waals surface area contributed by atoms with Crippen LogP contribution in [0.25, 0.3) is 0 Å². The number of urea groups is 1. The van der Waals surface area contributed by atoms with Crippen molar-refractivity contribution in [1.82, 2.24) is 20.2 Å². The van der Waals surface area contributed by atoms with Crippen molar-refractivity contribution in [3.63, 3.8) is 0 Å². The Morgan fingerprint density at radius 2 is 2.00 bits per heavy atom. The van der Waals surface area contributed by atoms with Gasteiger partial charge in [0, 0.05) is 55.8 Å². The maximum absolute atomic E-state index is 12.1. The lowest BCUT2D eigenvalue weighted by Crippen LogP contribution is -2.40. The van der Waals surface area contributed by atoms with Gasteiger partial charge in [0.15, 0.2) is 0 Å². The van der Waals surface area contributed by atoms with E-state index in [1.807, 2.05) is 11.8 Å². The quantitative estimate of drug-likeness (QED) is 0.856. The lowest BCUT2D eigenvalue weighted by Gasteiger charge is -2.24. The monoisotopic (exact) mass is 327 g/mol. The fourth-order valence-electron chi connectivity index (χ4n) is 4.40. The fourth-order valence-corrected chi connectivity index (χ4v) is 4.40. The minimum atomic E-state index is 0.0367. The standard InChI is InChI=1S/C18H25N5O/c1-3-7-19-18(24)23-10-13-8-22(9-14(13)11-23)17-15-5-4-6-16(15)20-12(2)21-17/h3,13-14H,1,4-11H2,2H3,(H,19,24). The van der Waals surface area contributed by atoms with E-state index in [-0.39, 0.29) is 6.03 Å². The summed E-state index contributed by atoms with van der Waals surface area (Å²) in [4.78, 5) is 25.9. The molecule has 2 fully saturated rings. The molecule has 1 N–H and O–H groups in total. The summed E-state index contributed by atoms with van der Waals surface area (Å²) >= 11 is 0. The van der Waals surface area contributed by atoms with Crippen molar-refractivity contribution in [3.8, 4) is 0 Å².